The molecular weight excluding hydrogens is 805 g/mol. The van der Waals surface area contributed by atoms with E-state index in [4.69, 9.17) is 14.2 Å². The summed E-state index contributed by atoms with van der Waals surface area (Å²) in [5.41, 5.74) is 0. The van der Waals surface area contributed by atoms with E-state index in [2.05, 4.69) is 93.7 Å². The predicted octanol–water partition coefficient (Wildman–Crippen LogP) is 18.2. The summed E-state index contributed by atoms with van der Waals surface area (Å²) in [6, 6.07) is 0. The average Bonchev–Trinajstić information content (AvgIpc) is 3.30. The molecule has 0 rings (SSSR count). The van der Waals surface area contributed by atoms with E-state index in [0.717, 1.165) is 103 Å². The minimum Gasteiger partial charge on any atom is -0.462 e. The summed E-state index contributed by atoms with van der Waals surface area (Å²) in [5.74, 6) is -0.908. The molecule has 0 aromatic heterocycles. The molecule has 1 unspecified atom stereocenters. The largest absolute Gasteiger partial charge is 0.462 e. The van der Waals surface area contributed by atoms with E-state index in [1.54, 1.807) is 0 Å². The second kappa shape index (κ2) is 53.5. The number of hydrogen-bond donors (Lipinski definition) is 0. The van der Waals surface area contributed by atoms with Gasteiger partial charge in [-0.3, -0.25) is 14.4 Å². The zero-order chi connectivity index (χ0) is 47.2. The van der Waals surface area contributed by atoms with Gasteiger partial charge in [0.25, 0.3) is 0 Å². The molecule has 0 saturated carbocycles. The van der Waals surface area contributed by atoms with Crippen molar-refractivity contribution in [1.29, 1.82) is 0 Å². The van der Waals surface area contributed by atoms with E-state index in [1.807, 2.05) is 0 Å². The van der Waals surface area contributed by atoms with Crippen LogP contribution in [0.3, 0.4) is 0 Å². The van der Waals surface area contributed by atoms with Crippen LogP contribution in [-0.4, -0.2) is 37.2 Å². The van der Waals surface area contributed by atoms with Gasteiger partial charge in [-0.2, -0.15) is 0 Å². The Morgan fingerprint density at radius 1 is 0.308 bits per heavy atom. The van der Waals surface area contributed by atoms with Gasteiger partial charge in [0.2, 0.25) is 0 Å². The molecule has 1 atom stereocenters. The molecule has 374 valence electrons. The van der Waals surface area contributed by atoms with E-state index in [-0.39, 0.29) is 31.1 Å². The molecule has 6 heteroatoms. The maximum atomic E-state index is 12.8. The van der Waals surface area contributed by atoms with Gasteiger partial charge < -0.3 is 14.2 Å². The first kappa shape index (κ1) is 61.9. The van der Waals surface area contributed by atoms with Gasteiger partial charge in [-0.05, 0) is 96.3 Å². The standard InChI is InChI=1S/C59H102O6/c1-4-7-10-13-16-19-21-23-25-27-29-31-33-35-37-40-43-46-49-52-58(61)64-55-56(54-63-57(60)51-48-45-42-39-18-15-12-9-6-3)65-59(62)53-50-47-44-41-38-36-34-32-30-28-26-24-22-20-17-14-11-8-5-2/h16-17,19-20,23-26,29-32,56H,4-15,18,21-22,27-28,33-55H2,1-3H3/b19-16-,20-17-,25-23-,26-24-,31-29-,32-30-. The third kappa shape index (κ3) is 51.7. The summed E-state index contributed by atoms with van der Waals surface area (Å²) < 4.78 is 16.8. The van der Waals surface area contributed by atoms with E-state index in [9.17, 15) is 14.4 Å². The van der Waals surface area contributed by atoms with Crippen molar-refractivity contribution in [3.8, 4) is 0 Å². The lowest BCUT2D eigenvalue weighted by atomic mass is 10.1. The summed E-state index contributed by atoms with van der Waals surface area (Å²) in [6.07, 6.45) is 67.4. The monoisotopic (exact) mass is 907 g/mol. The maximum absolute atomic E-state index is 12.8. The Morgan fingerprint density at radius 2 is 0.554 bits per heavy atom. The lowest BCUT2D eigenvalue weighted by molar-refractivity contribution is -0.167. The maximum Gasteiger partial charge on any atom is 0.306 e. The first-order chi connectivity index (χ1) is 32.0. The fourth-order valence-corrected chi connectivity index (χ4v) is 7.51. The Balaban J connectivity index is 4.35. The van der Waals surface area contributed by atoms with Gasteiger partial charge >= 0.3 is 17.9 Å². The fourth-order valence-electron chi connectivity index (χ4n) is 7.51. The highest BCUT2D eigenvalue weighted by Crippen LogP contribution is 2.14. The predicted molar refractivity (Wildman–Crippen MR) is 279 cm³/mol. The zero-order valence-corrected chi connectivity index (χ0v) is 42.7. The Morgan fingerprint density at radius 3 is 0.892 bits per heavy atom. The van der Waals surface area contributed by atoms with Gasteiger partial charge in [0.05, 0.1) is 0 Å². The highest BCUT2D eigenvalue weighted by atomic mass is 16.6. The molecule has 0 spiro atoms. The molecule has 0 aliphatic heterocycles. The van der Waals surface area contributed by atoms with Gasteiger partial charge in [0.1, 0.15) is 13.2 Å². The second-order valence-electron chi connectivity index (χ2n) is 18.1. The van der Waals surface area contributed by atoms with Crippen LogP contribution in [0.1, 0.15) is 265 Å². The van der Waals surface area contributed by atoms with Crippen molar-refractivity contribution in [1.82, 2.24) is 0 Å². The molecule has 0 aliphatic carbocycles. The van der Waals surface area contributed by atoms with Gasteiger partial charge in [-0.1, -0.05) is 222 Å². The van der Waals surface area contributed by atoms with Gasteiger partial charge in [-0.15, -0.1) is 0 Å². The van der Waals surface area contributed by atoms with Crippen LogP contribution in [0.25, 0.3) is 0 Å². The van der Waals surface area contributed by atoms with E-state index in [0.29, 0.717) is 19.3 Å². The van der Waals surface area contributed by atoms with Crippen LogP contribution in [0.15, 0.2) is 72.9 Å². The van der Waals surface area contributed by atoms with Crippen LogP contribution >= 0.6 is 0 Å². The lowest BCUT2D eigenvalue weighted by Gasteiger charge is -2.18. The number of ether oxygens (including phenoxy) is 3. The molecule has 0 fully saturated rings. The molecule has 0 amide bonds. The van der Waals surface area contributed by atoms with Crippen molar-refractivity contribution in [2.24, 2.45) is 0 Å². The van der Waals surface area contributed by atoms with Crippen molar-refractivity contribution in [2.45, 2.75) is 271 Å². The van der Waals surface area contributed by atoms with E-state index in [1.165, 1.54) is 122 Å². The summed E-state index contributed by atoms with van der Waals surface area (Å²) in [4.78, 5) is 38.0. The van der Waals surface area contributed by atoms with Crippen LogP contribution in [0, 0.1) is 0 Å². The molecular formula is C59H102O6. The Labute approximate surface area is 402 Å². The normalized spacial score (nSPS) is 12.6. The first-order valence-electron chi connectivity index (χ1n) is 27.4. The molecule has 6 nitrogen and oxygen atoms in total. The van der Waals surface area contributed by atoms with Crippen molar-refractivity contribution in [2.75, 3.05) is 13.2 Å². The molecule has 0 radical (unpaired) electrons. The van der Waals surface area contributed by atoms with Crippen LogP contribution in [0.5, 0.6) is 0 Å². The topological polar surface area (TPSA) is 78.9 Å². The number of hydrogen-bond acceptors (Lipinski definition) is 6. The number of unbranched alkanes of at least 4 members (excludes halogenated alkanes) is 26. The SMILES string of the molecule is CCCCC/C=C\C/C=C\C/C=C\CCCCCCCCC(=O)OCC(COC(=O)CCCCCCCCCCC)OC(=O)CCCCCCCC/C=C\C/C=C\C/C=C\CCCCC. The number of allylic oxidation sites excluding steroid dienone is 12. The van der Waals surface area contributed by atoms with E-state index >= 15 is 0 Å². The minimum atomic E-state index is -0.786. The van der Waals surface area contributed by atoms with Crippen molar-refractivity contribution < 1.29 is 28.6 Å². The van der Waals surface area contributed by atoms with Crippen molar-refractivity contribution in [3.63, 3.8) is 0 Å². The molecule has 0 N–H and O–H groups in total. The molecule has 0 aliphatic rings. The third-order valence-corrected chi connectivity index (χ3v) is 11.7. The summed E-state index contributed by atoms with van der Waals surface area (Å²) >= 11 is 0. The number of rotatable bonds is 49. The smallest absolute Gasteiger partial charge is 0.306 e. The molecule has 0 bridgehead atoms. The molecule has 0 heterocycles. The summed E-state index contributed by atoms with van der Waals surface area (Å²) in [5, 5.41) is 0. The third-order valence-electron chi connectivity index (χ3n) is 11.7. The van der Waals surface area contributed by atoms with Crippen molar-refractivity contribution in [3.05, 3.63) is 72.9 Å². The Hall–Kier alpha value is -3.15. The second-order valence-corrected chi connectivity index (χ2v) is 18.1. The average molecular weight is 907 g/mol. The van der Waals surface area contributed by atoms with Crippen LogP contribution < -0.4 is 0 Å². The molecule has 0 aromatic rings. The van der Waals surface area contributed by atoms with Crippen LogP contribution in [0.2, 0.25) is 0 Å². The molecule has 65 heavy (non-hydrogen) atoms. The quantitative estimate of drug-likeness (QED) is 0.0262. The lowest BCUT2D eigenvalue weighted by Crippen LogP contribution is -2.30. The Kier molecular flexibility index (Phi) is 50.9. The highest BCUT2D eigenvalue weighted by Gasteiger charge is 2.19. The highest BCUT2D eigenvalue weighted by molar-refractivity contribution is 5.71. The van der Waals surface area contributed by atoms with E-state index < -0.39 is 6.10 Å². The fraction of sp³-hybridized carbons (Fsp3) is 0.746. The Bertz CT molecular complexity index is 1230. The number of esters is 3. The molecule has 0 saturated heterocycles. The molecule has 0 aromatic carbocycles. The van der Waals surface area contributed by atoms with Gasteiger partial charge in [-0.25, -0.2) is 0 Å². The summed E-state index contributed by atoms with van der Waals surface area (Å²) in [6.45, 7) is 6.55. The van der Waals surface area contributed by atoms with Crippen LogP contribution in [-0.2, 0) is 28.6 Å². The van der Waals surface area contributed by atoms with Gasteiger partial charge in [0.15, 0.2) is 6.10 Å². The van der Waals surface area contributed by atoms with Gasteiger partial charge in [0, 0.05) is 19.3 Å². The number of carbonyl (C=O) groups excluding carboxylic acids is 3. The summed E-state index contributed by atoms with van der Waals surface area (Å²) in [7, 11) is 0. The van der Waals surface area contributed by atoms with Crippen LogP contribution in [0.4, 0.5) is 0 Å². The van der Waals surface area contributed by atoms with Crippen molar-refractivity contribution >= 4 is 17.9 Å². The minimum absolute atomic E-state index is 0.0840. The first-order valence-corrected chi connectivity index (χ1v) is 27.4. The number of carbonyl (C=O) groups is 3. The zero-order valence-electron chi connectivity index (χ0n) is 42.7.